The number of piperazine rings is 1. The number of benzene rings is 1. The van der Waals surface area contributed by atoms with Gasteiger partial charge in [-0.25, -0.2) is 4.79 Å². The van der Waals surface area contributed by atoms with Gasteiger partial charge >= 0.3 is 6.03 Å². The molecule has 2 saturated heterocycles. The van der Waals surface area contributed by atoms with Gasteiger partial charge in [0.25, 0.3) is 0 Å². The number of nitrogens with zero attached hydrogens (tertiary/aromatic N) is 3. The van der Waals surface area contributed by atoms with Crippen LogP contribution in [0.2, 0.25) is 5.02 Å². The van der Waals surface area contributed by atoms with Gasteiger partial charge < -0.3 is 14.5 Å². The number of hydrogen-bond acceptors (Lipinski definition) is 3. The van der Waals surface area contributed by atoms with E-state index in [9.17, 15) is 4.79 Å². The molecule has 6 heteroatoms. The molecule has 3 rings (SSSR count). The Morgan fingerprint density at radius 3 is 2.18 bits per heavy atom. The SMILES string of the molecule is O=C(N1CCOCC1)N1CCN(Cc2ccc(Cl)cc2)CC1. The second-order valence-corrected chi connectivity index (χ2v) is 6.21. The van der Waals surface area contributed by atoms with Gasteiger partial charge in [0.1, 0.15) is 0 Å². The molecule has 1 aromatic carbocycles. The highest BCUT2D eigenvalue weighted by Crippen LogP contribution is 2.14. The molecule has 2 heterocycles. The molecule has 2 aliphatic heterocycles. The third-order valence-corrected chi connectivity index (χ3v) is 4.50. The lowest BCUT2D eigenvalue weighted by atomic mass is 10.2. The Kier molecular flexibility index (Phi) is 5.18. The lowest BCUT2D eigenvalue weighted by molar-refractivity contribution is 0.0373. The molecule has 0 atom stereocenters. The fraction of sp³-hybridized carbons (Fsp3) is 0.562. The van der Waals surface area contributed by atoms with Crippen molar-refractivity contribution in [2.24, 2.45) is 0 Å². The zero-order valence-corrected chi connectivity index (χ0v) is 13.5. The van der Waals surface area contributed by atoms with Crippen molar-refractivity contribution in [1.29, 1.82) is 0 Å². The van der Waals surface area contributed by atoms with Crippen LogP contribution in [0.4, 0.5) is 4.79 Å². The zero-order valence-electron chi connectivity index (χ0n) is 12.7. The lowest BCUT2D eigenvalue weighted by Gasteiger charge is -2.38. The van der Waals surface area contributed by atoms with Gasteiger partial charge in [-0.2, -0.15) is 0 Å². The number of carbonyl (C=O) groups excluding carboxylic acids is 1. The van der Waals surface area contributed by atoms with E-state index in [0.717, 1.165) is 37.7 Å². The van der Waals surface area contributed by atoms with Crippen LogP contribution in [0.3, 0.4) is 0 Å². The third kappa shape index (κ3) is 3.91. The van der Waals surface area contributed by atoms with Crippen LogP contribution < -0.4 is 0 Å². The van der Waals surface area contributed by atoms with E-state index in [0.29, 0.717) is 26.3 Å². The van der Waals surface area contributed by atoms with E-state index in [1.807, 2.05) is 21.9 Å². The van der Waals surface area contributed by atoms with Crippen molar-refractivity contribution in [3.63, 3.8) is 0 Å². The molecule has 22 heavy (non-hydrogen) atoms. The minimum atomic E-state index is 0.162. The van der Waals surface area contributed by atoms with Gasteiger partial charge in [-0.3, -0.25) is 4.90 Å². The van der Waals surface area contributed by atoms with Crippen LogP contribution in [0.1, 0.15) is 5.56 Å². The molecule has 0 saturated carbocycles. The maximum absolute atomic E-state index is 12.4. The standard InChI is InChI=1S/C16H22ClN3O2/c17-15-3-1-14(2-4-15)13-18-5-7-19(8-6-18)16(21)20-9-11-22-12-10-20/h1-4H,5-13H2. The quantitative estimate of drug-likeness (QED) is 0.834. The molecule has 1 aromatic rings. The van der Waals surface area contributed by atoms with Crippen LogP contribution in [-0.4, -0.2) is 73.2 Å². The van der Waals surface area contributed by atoms with E-state index in [2.05, 4.69) is 17.0 Å². The smallest absolute Gasteiger partial charge is 0.320 e. The van der Waals surface area contributed by atoms with E-state index in [4.69, 9.17) is 16.3 Å². The molecule has 0 aromatic heterocycles. The van der Waals surface area contributed by atoms with Gasteiger partial charge in [0.05, 0.1) is 13.2 Å². The number of rotatable bonds is 2. The molecule has 0 radical (unpaired) electrons. The topological polar surface area (TPSA) is 36.0 Å². The van der Waals surface area contributed by atoms with E-state index in [1.165, 1.54) is 5.56 Å². The Morgan fingerprint density at radius 1 is 0.955 bits per heavy atom. The van der Waals surface area contributed by atoms with Crippen LogP contribution in [-0.2, 0) is 11.3 Å². The highest BCUT2D eigenvalue weighted by Gasteiger charge is 2.26. The largest absolute Gasteiger partial charge is 0.378 e. The highest BCUT2D eigenvalue weighted by atomic mass is 35.5. The first-order valence-corrected chi connectivity index (χ1v) is 8.18. The minimum Gasteiger partial charge on any atom is -0.378 e. The van der Waals surface area contributed by atoms with Gasteiger partial charge in [0.2, 0.25) is 0 Å². The Morgan fingerprint density at radius 2 is 1.55 bits per heavy atom. The number of morpholine rings is 1. The van der Waals surface area contributed by atoms with Crippen LogP contribution in [0.25, 0.3) is 0 Å². The first-order chi connectivity index (χ1) is 10.7. The first-order valence-electron chi connectivity index (χ1n) is 7.81. The van der Waals surface area contributed by atoms with Crippen molar-refractivity contribution in [3.8, 4) is 0 Å². The molecule has 0 unspecified atom stereocenters. The molecule has 2 fully saturated rings. The second kappa shape index (κ2) is 7.31. The maximum Gasteiger partial charge on any atom is 0.320 e. The minimum absolute atomic E-state index is 0.162. The van der Waals surface area contributed by atoms with Crippen molar-refractivity contribution in [1.82, 2.24) is 14.7 Å². The number of carbonyl (C=O) groups is 1. The van der Waals surface area contributed by atoms with Crippen LogP contribution in [0.15, 0.2) is 24.3 Å². The van der Waals surface area contributed by atoms with E-state index in [-0.39, 0.29) is 6.03 Å². The van der Waals surface area contributed by atoms with Crippen molar-refractivity contribution < 1.29 is 9.53 Å². The normalized spacial score (nSPS) is 20.2. The average molecular weight is 324 g/mol. The van der Waals surface area contributed by atoms with Gasteiger partial charge in [-0.15, -0.1) is 0 Å². The highest BCUT2D eigenvalue weighted by molar-refractivity contribution is 6.30. The lowest BCUT2D eigenvalue weighted by Crippen LogP contribution is -2.54. The Bertz CT molecular complexity index is 495. The summed E-state index contributed by atoms with van der Waals surface area (Å²) in [6.45, 7) is 7.07. The first kappa shape index (κ1) is 15.6. The summed E-state index contributed by atoms with van der Waals surface area (Å²) < 4.78 is 5.30. The van der Waals surface area contributed by atoms with E-state index < -0.39 is 0 Å². The summed E-state index contributed by atoms with van der Waals surface area (Å²) >= 11 is 5.91. The molecule has 0 aliphatic carbocycles. The predicted octanol–water partition coefficient (Wildman–Crippen LogP) is 1.91. The Labute approximate surface area is 136 Å². The number of hydrogen-bond donors (Lipinski definition) is 0. The molecular formula is C16H22ClN3O2. The monoisotopic (exact) mass is 323 g/mol. The second-order valence-electron chi connectivity index (χ2n) is 5.77. The molecule has 5 nitrogen and oxygen atoms in total. The molecule has 0 bridgehead atoms. The van der Waals surface area contributed by atoms with Crippen molar-refractivity contribution in [2.45, 2.75) is 6.54 Å². The van der Waals surface area contributed by atoms with Gasteiger partial charge in [0, 0.05) is 50.8 Å². The maximum atomic E-state index is 12.4. The van der Waals surface area contributed by atoms with Gasteiger partial charge in [0.15, 0.2) is 0 Å². The fourth-order valence-corrected chi connectivity index (χ4v) is 3.03. The molecule has 0 N–H and O–H groups in total. The summed E-state index contributed by atoms with van der Waals surface area (Å²) in [4.78, 5) is 18.7. The summed E-state index contributed by atoms with van der Waals surface area (Å²) in [5, 5.41) is 0.768. The summed E-state index contributed by atoms with van der Waals surface area (Å²) in [6, 6.07) is 8.14. The number of ether oxygens (including phenoxy) is 1. The molecular weight excluding hydrogens is 302 g/mol. The molecule has 0 spiro atoms. The zero-order chi connectivity index (χ0) is 15.4. The predicted molar refractivity (Wildman–Crippen MR) is 86.1 cm³/mol. The molecule has 2 aliphatic rings. The fourth-order valence-electron chi connectivity index (χ4n) is 2.90. The molecule has 120 valence electrons. The Hall–Kier alpha value is -1.30. The molecule has 2 amide bonds. The van der Waals surface area contributed by atoms with Crippen molar-refractivity contribution in [2.75, 3.05) is 52.5 Å². The summed E-state index contributed by atoms with van der Waals surface area (Å²) in [6.07, 6.45) is 0. The third-order valence-electron chi connectivity index (χ3n) is 4.24. The summed E-state index contributed by atoms with van der Waals surface area (Å²) in [5.41, 5.74) is 1.26. The van der Waals surface area contributed by atoms with Crippen LogP contribution >= 0.6 is 11.6 Å². The van der Waals surface area contributed by atoms with Crippen LogP contribution in [0.5, 0.6) is 0 Å². The van der Waals surface area contributed by atoms with Crippen molar-refractivity contribution >= 4 is 17.6 Å². The van der Waals surface area contributed by atoms with E-state index in [1.54, 1.807) is 0 Å². The van der Waals surface area contributed by atoms with Crippen molar-refractivity contribution in [3.05, 3.63) is 34.9 Å². The van der Waals surface area contributed by atoms with Gasteiger partial charge in [-0.1, -0.05) is 23.7 Å². The number of urea groups is 1. The number of halogens is 1. The number of amides is 2. The van der Waals surface area contributed by atoms with Gasteiger partial charge in [-0.05, 0) is 17.7 Å². The van der Waals surface area contributed by atoms with E-state index >= 15 is 0 Å². The Balaban J connectivity index is 1.47. The average Bonchev–Trinajstić information content (AvgIpc) is 2.58. The summed E-state index contributed by atoms with van der Waals surface area (Å²) in [7, 11) is 0. The van der Waals surface area contributed by atoms with Crippen LogP contribution in [0, 0.1) is 0 Å². The summed E-state index contributed by atoms with van der Waals surface area (Å²) in [5.74, 6) is 0.